The molecular weight excluding hydrogens is 256 g/mol. The number of amides is 1. The van der Waals surface area contributed by atoms with E-state index < -0.39 is 0 Å². The van der Waals surface area contributed by atoms with Gasteiger partial charge in [0.25, 0.3) is 5.91 Å². The standard InChI is InChI=1S/C15H24N2OS/c18-13-15(10-6-3-7-11-15)19-14(17-13)16-12-8-4-1-2-5-9-12/h12H,1-11H2,(H,16,17,18). The zero-order valence-corrected chi connectivity index (χ0v) is 12.4. The fraction of sp³-hybridized carbons (Fsp3) is 0.867. The van der Waals surface area contributed by atoms with Gasteiger partial charge in [-0.1, -0.05) is 56.7 Å². The van der Waals surface area contributed by atoms with E-state index in [1.807, 2.05) is 0 Å². The fourth-order valence-electron chi connectivity index (χ4n) is 3.54. The van der Waals surface area contributed by atoms with Crippen molar-refractivity contribution in [2.45, 2.75) is 81.4 Å². The van der Waals surface area contributed by atoms with Crippen LogP contribution in [0.4, 0.5) is 0 Å². The Morgan fingerprint density at radius 3 is 2.32 bits per heavy atom. The van der Waals surface area contributed by atoms with Crippen LogP contribution < -0.4 is 5.32 Å². The van der Waals surface area contributed by atoms with Crippen LogP contribution in [0.1, 0.15) is 70.6 Å². The lowest BCUT2D eigenvalue weighted by molar-refractivity contribution is -0.120. The molecule has 4 heteroatoms. The van der Waals surface area contributed by atoms with E-state index in [2.05, 4.69) is 10.3 Å². The lowest BCUT2D eigenvalue weighted by atomic mass is 9.88. The van der Waals surface area contributed by atoms with Crippen LogP contribution in [0, 0.1) is 0 Å². The summed E-state index contributed by atoms with van der Waals surface area (Å²) in [6.07, 6.45) is 13.5. The maximum absolute atomic E-state index is 12.2. The maximum atomic E-state index is 12.2. The van der Waals surface area contributed by atoms with Crippen molar-refractivity contribution in [1.82, 2.24) is 5.32 Å². The molecule has 0 aromatic carbocycles. The molecule has 0 aromatic rings. The summed E-state index contributed by atoms with van der Waals surface area (Å²) in [5.41, 5.74) is 0. The second-order valence-corrected chi connectivity index (χ2v) is 7.58. The molecule has 2 aliphatic carbocycles. The molecule has 0 saturated heterocycles. The van der Waals surface area contributed by atoms with E-state index in [9.17, 15) is 4.79 Å². The largest absolute Gasteiger partial charge is 0.362 e. The maximum Gasteiger partial charge on any atom is 0.264 e. The average molecular weight is 280 g/mol. The van der Waals surface area contributed by atoms with E-state index in [1.165, 1.54) is 57.8 Å². The van der Waals surface area contributed by atoms with Crippen LogP contribution in [0.3, 0.4) is 0 Å². The molecule has 19 heavy (non-hydrogen) atoms. The van der Waals surface area contributed by atoms with Crippen molar-refractivity contribution in [1.29, 1.82) is 0 Å². The van der Waals surface area contributed by atoms with Gasteiger partial charge >= 0.3 is 0 Å². The SMILES string of the molecule is O=C1N=C(NC2CCCCCC2)SC12CCCCC2. The molecule has 2 saturated carbocycles. The van der Waals surface area contributed by atoms with Crippen molar-refractivity contribution in [2.75, 3.05) is 0 Å². The van der Waals surface area contributed by atoms with E-state index in [4.69, 9.17) is 0 Å². The predicted octanol–water partition coefficient (Wildman–Crippen LogP) is 3.63. The third-order valence-electron chi connectivity index (χ3n) is 4.73. The second kappa shape index (κ2) is 5.86. The summed E-state index contributed by atoms with van der Waals surface area (Å²) in [5.74, 6) is 0.133. The molecule has 0 bridgehead atoms. The fourth-order valence-corrected chi connectivity index (χ4v) is 4.89. The first-order valence-electron chi connectivity index (χ1n) is 7.87. The predicted molar refractivity (Wildman–Crippen MR) is 80.5 cm³/mol. The number of hydrogen-bond acceptors (Lipinski definition) is 3. The Bertz CT molecular complexity index is 366. The number of carbonyl (C=O) groups is 1. The number of aliphatic imine (C=N–C) groups is 1. The van der Waals surface area contributed by atoms with Crippen LogP contribution >= 0.6 is 11.8 Å². The molecule has 0 radical (unpaired) electrons. The summed E-state index contributed by atoms with van der Waals surface area (Å²) in [4.78, 5) is 16.5. The van der Waals surface area contributed by atoms with E-state index in [0.29, 0.717) is 6.04 Å². The number of amidine groups is 1. The normalized spacial score (nSPS) is 28.2. The molecule has 1 N–H and O–H groups in total. The van der Waals surface area contributed by atoms with Gasteiger partial charge < -0.3 is 5.32 Å². The Balaban J connectivity index is 1.60. The molecule has 2 fully saturated rings. The van der Waals surface area contributed by atoms with E-state index >= 15 is 0 Å². The minimum absolute atomic E-state index is 0.133. The molecule has 106 valence electrons. The lowest BCUT2D eigenvalue weighted by Crippen LogP contribution is -2.35. The number of hydrogen-bond donors (Lipinski definition) is 1. The van der Waals surface area contributed by atoms with Gasteiger partial charge in [-0.2, -0.15) is 4.99 Å². The molecule has 1 aliphatic heterocycles. The van der Waals surface area contributed by atoms with Gasteiger partial charge in [-0.25, -0.2) is 0 Å². The first-order chi connectivity index (χ1) is 9.28. The van der Waals surface area contributed by atoms with Gasteiger partial charge in [0.05, 0.1) is 0 Å². The average Bonchev–Trinajstić information content (AvgIpc) is 2.60. The highest BCUT2D eigenvalue weighted by Gasteiger charge is 2.46. The van der Waals surface area contributed by atoms with Gasteiger partial charge in [0.1, 0.15) is 4.75 Å². The third-order valence-corrected chi connectivity index (χ3v) is 6.10. The second-order valence-electron chi connectivity index (χ2n) is 6.21. The molecule has 1 heterocycles. The van der Waals surface area contributed by atoms with Gasteiger partial charge in [-0.3, -0.25) is 4.79 Å². The van der Waals surface area contributed by atoms with Gasteiger partial charge in [-0.15, -0.1) is 0 Å². The minimum Gasteiger partial charge on any atom is -0.362 e. The first-order valence-corrected chi connectivity index (χ1v) is 8.69. The molecule has 0 unspecified atom stereocenters. The lowest BCUT2D eigenvalue weighted by Gasteiger charge is -2.29. The van der Waals surface area contributed by atoms with E-state index in [1.54, 1.807) is 11.8 Å². The number of carbonyl (C=O) groups excluding carboxylic acids is 1. The molecular formula is C15H24N2OS. The number of thioether (sulfide) groups is 1. The Morgan fingerprint density at radius 2 is 1.63 bits per heavy atom. The Morgan fingerprint density at radius 1 is 1.00 bits per heavy atom. The number of nitrogens with one attached hydrogen (secondary N) is 1. The monoisotopic (exact) mass is 280 g/mol. The molecule has 3 aliphatic rings. The van der Waals surface area contributed by atoms with E-state index in [0.717, 1.165) is 18.0 Å². The van der Waals surface area contributed by atoms with Crippen LogP contribution in [0.25, 0.3) is 0 Å². The highest BCUT2D eigenvalue weighted by molar-refractivity contribution is 8.16. The molecule has 3 rings (SSSR count). The molecule has 1 spiro atoms. The molecule has 0 aromatic heterocycles. The van der Waals surface area contributed by atoms with E-state index in [-0.39, 0.29) is 10.7 Å². The first kappa shape index (κ1) is 13.5. The molecule has 1 amide bonds. The topological polar surface area (TPSA) is 41.5 Å². The van der Waals surface area contributed by atoms with Crippen LogP contribution in [-0.2, 0) is 4.79 Å². The summed E-state index contributed by atoms with van der Waals surface area (Å²) in [6.45, 7) is 0. The van der Waals surface area contributed by atoms with Gasteiger partial charge in [0, 0.05) is 6.04 Å². The van der Waals surface area contributed by atoms with Crippen LogP contribution in [-0.4, -0.2) is 21.9 Å². The Hall–Kier alpha value is -0.510. The summed E-state index contributed by atoms with van der Waals surface area (Å²) in [7, 11) is 0. The van der Waals surface area contributed by atoms with Gasteiger partial charge in [0.2, 0.25) is 0 Å². The quantitative estimate of drug-likeness (QED) is 0.746. The van der Waals surface area contributed by atoms with Gasteiger partial charge in [-0.05, 0) is 25.7 Å². The highest BCUT2D eigenvalue weighted by atomic mass is 32.2. The molecule has 3 nitrogen and oxygen atoms in total. The summed E-state index contributed by atoms with van der Waals surface area (Å²) >= 11 is 1.73. The zero-order valence-electron chi connectivity index (χ0n) is 11.6. The van der Waals surface area contributed by atoms with Crippen molar-refractivity contribution in [3.63, 3.8) is 0 Å². The summed E-state index contributed by atoms with van der Waals surface area (Å²) < 4.78 is -0.189. The van der Waals surface area contributed by atoms with Crippen molar-refractivity contribution >= 4 is 22.8 Å². The minimum atomic E-state index is -0.189. The molecule has 0 atom stereocenters. The highest BCUT2D eigenvalue weighted by Crippen LogP contribution is 2.44. The third kappa shape index (κ3) is 2.99. The summed E-state index contributed by atoms with van der Waals surface area (Å²) in [6, 6.07) is 0.542. The Kier molecular flexibility index (Phi) is 4.15. The van der Waals surface area contributed by atoms with Crippen LogP contribution in [0.15, 0.2) is 4.99 Å². The Labute approximate surface area is 120 Å². The number of rotatable bonds is 1. The van der Waals surface area contributed by atoms with Crippen LogP contribution in [0.2, 0.25) is 0 Å². The number of nitrogens with zero attached hydrogens (tertiary/aromatic N) is 1. The van der Waals surface area contributed by atoms with Crippen molar-refractivity contribution in [3.05, 3.63) is 0 Å². The van der Waals surface area contributed by atoms with Crippen LogP contribution in [0.5, 0.6) is 0 Å². The van der Waals surface area contributed by atoms with Crippen molar-refractivity contribution < 1.29 is 4.79 Å². The zero-order chi connectivity index (χ0) is 13.1. The van der Waals surface area contributed by atoms with Gasteiger partial charge in [0.15, 0.2) is 5.17 Å². The smallest absolute Gasteiger partial charge is 0.264 e. The van der Waals surface area contributed by atoms with Crippen molar-refractivity contribution in [3.8, 4) is 0 Å². The van der Waals surface area contributed by atoms with Crippen molar-refractivity contribution in [2.24, 2.45) is 4.99 Å². The summed E-state index contributed by atoms with van der Waals surface area (Å²) in [5, 5.41) is 4.47.